The van der Waals surface area contributed by atoms with Crippen molar-refractivity contribution in [3.05, 3.63) is 23.8 Å². The minimum absolute atomic E-state index is 0.0254. The first-order valence-corrected chi connectivity index (χ1v) is 7.56. The zero-order valence-corrected chi connectivity index (χ0v) is 13.2. The molecule has 0 unspecified atom stereocenters. The Bertz CT molecular complexity index is 520. The van der Waals surface area contributed by atoms with Crippen molar-refractivity contribution in [3.63, 3.8) is 0 Å². The summed E-state index contributed by atoms with van der Waals surface area (Å²) in [6.07, 6.45) is 0. The van der Waals surface area contributed by atoms with Crippen LogP contribution in [0.1, 0.15) is 26.3 Å². The minimum Gasteiger partial charge on any atom is -0.383 e. The van der Waals surface area contributed by atoms with Crippen LogP contribution in [0.3, 0.4) is 0 Å². The molecule has 0 aliphatic rings. The van der Waals surface area contributed by atoms with E-state index in [1.54, 1.807) is 18.8 Å². The molecule has 108 valence electrons. The van der Waals surface area contributed by atoms with Gasteiger partial charge in [-0.1, -0.05) is 13.0 Å². The van der Waals surface area contributed by atoms with E-state index in [9.17, 15) is 10.1 Å². The van der Waals surface area contributed by atoms with E-state index in [1.807, 2.05) is 32.0 Å². The highest BCUT2D eigenvalue weighted by Crippen LogP contribution is 2.28. The Hall–Kier alpha value is -1.67. The van der Waals surface area contributed by atoms with E-state index in [0.29, 0.717) is 12.1 Å². The lowest BCUT2D eigenvalue weighted by atomic mass is 9.92. The summed E-state index contributed by atoms with van der Waals surface area (Å²) in [6.45, 7) is 6.27. The van der Waals surface area contributed by atoms with Crippen LogP contribution in [0.4, 0.5) is 5.69 Å². The molecule has 0 aliphatic carbocycles. The molecule has 20 heavy (non-hydrogen) atoms. The van der Waals surface area contributed by atoms with Gasteiger partial charge in [0.2, 0.25) is 5.91 Å². The van der Waals surface area contributed by atoms with Crippen LogP contribution in [-0.4, -0.2) is 25.3 Å². The number of rotatable bonds is 6. The molecule has 0 saturated carbocycles. The third-order valence-electron chi connectivity index (χ3n) is 3.00. The molecule has 0 atom stereocenters. The molecule has 0 aromatic heterocycles. The van der Waals surface area contributed by atoms with Crippen LogP contribution in [0.15, 0.2) is 23.1 Å². The van der Waals surface area contributed by atoms with Gasteiger partial charge >= 0.3 is 0 Å². The molecular formula is C15H21N3OS. The summed E-state index contributed by atoms with van der Waals surface area (Å²) < 4.78 is 0. The number of carbonyl (C=O) groups is 1. The second kappa shape index (κ2) is 7.20. The largest absolute Gasteiger partial charge is 0.383 e. The summed E-state index contributed by atoms with van der Waals surface area (Å²) in [5, 5.41) is 15.2. The predicted octanol–water partition coefficient (Wildman–Crippen LogP) is 2.85. The van der Waals surface area contributed by atoms with Crippen LogP contribution in [0, 0.1) is 16.7 Å². The number of nitrogens with zero attached hydrogens (tertiary/aromatic N) is 1. The molecule has 2 N–H and O–H groups in total. The fraction of sp³-hybridized carbons (Fsp3) is 0.467. The SMILES string of the molecule is CCSc1cccc(NCC(C)(C)C(=O)NC)c1C#N. The van der Waals surface area contributed by atoms with Crippen molar-refractivity contribution in [1.82, 2.24) is 5.32 Å². The number of nitriles is 1. The first-order chi connectivity index (χ1) is 9.46. The molecule has 0 radical (unpaired) electrons. The third kappa shape index (κ3) is 3.91. The van der Waals surface area contributed by atoms with Gasteiger partial charge in [0.25, 0.3) is 0 Å². The van der Waals surface area contributed by atoms with Crippen LogP contribution in [0.25, 0.3) is 0 Å². The van der Waals surface area contributed by atoms with E-state index in [4.69, 9.17) is 0 Å². The van der Waals surface area contributed by atoms with Crippen LogP contribution in [0.5, 0.6) is 0 Å². The second-order valence-corrected chi connectivity index (χ2v) is 6.35. The first kappa shape index (κ1) is 16.4. The van der Waals surface area contributed by atoms with Crippen molar-refractivity contribution in [1.29, 1.82) is 5.26 Å². The average molecular weight is 291 g/mol. The van der Waals surface area contributed by atoms with Crippen molar-refractivity contribution >= 4 is 23.4 Å². The van der Waals surface area contributed by atoms with Crippen molar-refractivity contribution < 1.29 is 4.79 Å². The summed E-state index contributed by atoms with van der Waals surface area (Å²) in [5.41, 5.74) is 0.894. The zero-order chi connectivity index (χ0) is 15.2. The quantitative estimate of drug-likeness (QED) is 0.791. The van der Waals surface area contributed by atoms with Crippen molar-refractivity contribution in [2.45, 2.75) is 25.7 Å². The van der Waals surface area contributed by atoms with Crippen LogP contribution >= 0.6 is 11.8 Å². The molecule has 0 fully saturated rings. The van der Waals surface area contributed by atoms with Gasteiger partial charge in [-0.15, -0.1) is 11.8 Å². The van der Waals surface area contributed by atoms with Gasteiger partial charge in [-0.05, 0) is 31.7 Å². The topological polar surface area (TPSA) is 64.9 Å². The number of hydrogen-bond donors (Lipinski definition) is 2. The molecule has 5 heteroatoms. The number of nitrogens with one attached hydrogen (secondary N) is 2. The molecule has 1 amide bonds. The monoisotopic (exact) mass is 291 g/mol. The van der Waals surface area contributed by atoms with Gasteiger partial charge in [0, 0.05) is 18.5 Å². The number of benzene rings is 1. The van der Waals surface area contributed by atoms with Crippen molar-refractivity contribution in [3.8, 4) is 6.07 Å². The molecule has 4 nitrogen and oxygen atoms in total. The fourth-order valence-electron chi connectivity index (χ4n) is 1.80. The van der Waals surface area contributed by atoms with Crippen molar-refractivity contribution in [2.75, 3.05) is 24.7 Å². The Labute approximate surface area is 124 Å². The number of thioether (sulfide) groups is 1. The van der Waals surface area contributed by atoms with Gasteiger partial charge in [-0.25, -0.2) is 0 Å². The molecule has 1 aromatic carbocycles. The summed E-state index contributed by atoms with van der Waals surface area (Å²) in [6, 6.07) is 7.99. The highest BCUT2D eigenvalue weighted by molar-refractivity contribution is 7.99. The molecule has 0 heterocycles. The number of hydrogen-bond acceptors (Lipinski definition) is 4. The zero-order valence-electron chi connectivity index (χ0n) is 12.4. The molecule has 0 spiro atoms. The third-order valence-corrected chi connectivity index (χ3v) is 3.94. The number of anilines is 1. The van der Waals surface area contributed by atoms with Gasteiger partial charge in [-0.2, -0.15) is 5.26 Å². The lowest BCUT2D eigenvalue weighted by molar-refractivity contribution is -0.128. The van der Waals surface area contributed by atoms with E-state index in [-0.39, 0.29) is 5.91 Å². The first-order valence-electron chi connectivity index (χ1n) is 6.58. The van der Waals surface area contributed by atoms with E-state index < -0.39 is 5.41 Å². The average Bonchev–Trinajstić information content (AvgIpc) is 2.44. The van der Waals surface area contributed by atoms with Crippen molar-refractivity contribution in [2.24, 2.45) is 5.41 Å². The molecule has 0 aliphatic heterocycles. The standard InChI is InChI=1S/C15H21N3OS/c1-5-20-13-8-6-7-12(11(13)9-16)18-10-15(2,3)14(19)17-4/h6-8,18H,5,10H2,1-4H3,(H,17,19). The molecule has 1 aromatic rings. The Morgan fingerprint density at radius 2 is 2.15 bits per heavy atom. The van der Waals surface area contributed by atoms with Gasteiger partial charge in [0.15, 0.2) is 0 Å². The Morgan fingerprint density at radius 3 is 2.70 bits per heavy atom. The van der Waals surface area contributed by atoms with Gasteiger partial charge in [0.1, 0.15) is 6.07 Å². The fourth-order valence-corrected chi connectivity index (χ4v) is 2.59. The van der Waals surface area contributed by atoms with E-state index in [2.05, 4.69) is 23.6 Å². The highest BCUT2D eigenvalue weighted by atomic mass is 32.2. The molecule has 0 bridgehead atoms. The number of amides is 1. The van der Waals surface area contributed by atoms with Crippen LogP contribution in [-0.2, 0) is 4.79 Å². The molecule has 1 rings (SSSR count). The van der Waals surface area contributed by atoms with Crippen LogP contribution in [0.2, 0.25) is 0 Å². The normalized spacial score (nSPS) is 10.8. The van der Waals surface area contributed by atoms with Gasteiger partial charge in [-0.3, -0.25) is 4.79 Å². The van der Waals surface area contributed by atoms with Gasteiger partial charge < -0.3 is 10.6 Å². The summed E-state index contributed by atoms with van der Waals surface area (Å²) in [5.74, 6) is 0.893. The molecular weight excluding hydrogens is 270 g/mol. The lowest BCUT2D eigenvalue weighted by Gasteiger charge is -2.24. The summed E-state index contributed by atoms with van der Waals surface area (Å²) >= 11 is 1.64. The smallest absolute Gasteiger partial charge is 0.227 e. The number of carbonyl (C=O) groups excluding carboxylic acids is 1. The van der Waals surface area contributed by atoms with E-state index in [1.165, 1.54) is 0 Å². The highest BCUT2D eigenvalue weighted by Gasteiger charge is 2.26. The van der Waals surface area contributed by atoms with Crippen LogP contribution < -0.4 is 10.6 Å². The lowest BCUT2D eigenvalue weighted by Crippen LogP contribution is -2.39. The maximum Gasteiger partial charge on any atom is 0.227 e. The minimum atomic E-state index is -0.532. The Kier molecular flexibility index (Phi) is 5.90. The van der Waals surface area contributed by atoms with E-state index >= 15 is 0 Å². The Balaban J connectivity index is 2.91. The Morgan fingerprint density at radius 1 is 1.45 bits per heavy atom. The summed E-state index contributed by atoms with van der Waals surface area (Å²) in [4.78, 5) is 12.7. The predicted molar refractivity (Wildman–Crippen MR) is 83.9 cm³/mol. The van der Waals surface area contributed by atoms with Gasteiger partial charge in [0.05, 0.1) is 16.7 Å². The van der Waals surface area contributed by atoms with E-state index in [0.717, 1.165) is 16.3 Å². The maximum atomic E-state index is 11.8. The second-order valence-electron chi connectivity index (χ2n) is 5.04. The summed E-state index contributed by atoms with van der Waals surface area (Å²) in [7, 11) is 1.63. The maximum absolute atomic E-state index is 11.8. The molecule has 0 saturated heterocycles.